The van der Waals surface area contributed by atoms with Gasteiger partial charge in [0.25, 0.3) is 0 Å². The minimum atomic E-state index is -0.191. The van der Waals surface area contributed by atoms with E-state index in [1.54, 1.807) is 0 Å². The molecule has 0 heterocycles. The van der Waals surface area contributed by atoms with Gasteiger partial charge in [0.1, 0.15) is 0 Å². The largest absolute Gasteiger partial charge is 0.356 e. The predicted octanol–water partition coefficient (Wildman–Crippen LogP) is 3.12. The van der Waals surface area contributed by atoms with Crippen LogP contribution in [0.15, 0.2) is 0 Å². The van der Waals surface area contributed by atoms with Gasteiger partial charge in [0.05, 0.1) is 0 Å². The average molecular weight is 199 g/mol. The Morgan fingerprint density at radius 2 is 1.79 bits per heavy atom. The first kappa shape index (κ1) is 13.5. The van der Waals surface area contributed by atoms with Crippen LogP contribution < -0.4 is 5.32 Å². The summed E-state index contributed by atoms with van der Waals surface area (Å²) in [5, 5.41) is 2.89. The zero-order valence-corrected chi connectivity index (χ0v) is 10.2. The zero-order valence-electron chi connectivity index (χ0n) is 10.2. The van der Waals surface area contributed by atoms with Crippen LogP contribution in [-0.2, 0) is 4.79 Å². The van der Waals surface area contributed by atoms with Crippen LogP contribution in [-0.4, -0.2) is 12.5 Å². The molecule has 1 amide bonds. The second kappa shape index (κ2) is 6.86. The maximum atomic E-state index is 11.6. The number of hydrogen-bond acceptors (Lipinski definition) is 1. The van der Waals surface area contributed by atoms with E-state index in [4.69, 9.17) is 0 Å². The number of amides is 1. The van der Waals surface area contributed by atoms with Gasteiger partial charge in [-0.1, -0.05) is 46.5 Å². The van der Waals surface area contributed by atoms with Gasteiger partial charge in [0, 0.05) is 12.0 Å². The van der Waals surface area contributed by atoms with Crippen molar-refractivity contribution in [3.63, 3.8) is 0 Å². The van der Waals surface area contributed by atoms with E-state index < -0.39 is 0 Å². The van der Waals surface area contributed by atoms with E-state index in [2.05, 4.69) is 12.2 Å². The van der Waals surface area contributed by atoms with Crippen LogP contribution in [0, 0.1) is 5.41 Å². The quantitative estimate of drug-likeness (QED) is 0.627. The van der Waals surface area contributed by atoms with E-state index in [0.29, 0.717) is 0 Å². The summed E-state index contributed by atoms with van der Waals surface area (Å²) >= 11 is 0. The smallest absolute Gasteiger partial charge is 0.225 e. The van der Waals surface area contributed by atoms with Gasteiger partial charge in [-0.15, -0.1) is 0 Å². The van der Waals surface area contributed by atoms with E-state index in [1.165, 1.54) is 19.3 Å². The van der Waals surface area contributed by atoms with Gasteiger partial charge in [0.15, 0.2) is 0 Å². The van der Waals surface area contributed by atoms with Gasteiger partial charge < -0.3 is 5.32 Å². The Labute approximate surface area is 88.5 Å². The molecule has 0 unspecified atom stereocenters. The molecule has 0 aliphatic carbocycles. The van der Waals surface area contributed by atoms with Crippen molar-refractivity contribution in [3.8, 4) is 0 Å². The molecule has 0 saturated carbocycles. The molecule has 0 bridgehead atoms. The summed E-state index contributed by atoms with van der Waals surface area (Å²) in [6.45, 7) is 8.96. The number of unbranched alkanes of at least 4 members (excludes halogenated alkanes) is 3. The van der Waals surface area contributed by atoms with E-state index in [0.717, 1.165) is 19.4 Å². The molecule has 0 aliphatic rings. The lowest BCUT2D eigenvalue weighted by Crippen LogP contribution is -2.36. The molecule has 0 rings (SSSR count). The van der Waals surface area contributed by atoms with Crippen molar-refractivity contribution in [3.05, 3.63) is 0 Å². The Morgan fingerprint density at radius 3 is 2.29 bits per heavy atom. The molecule has 0 radical (unpaired) electrons. The first-order valence-electron chi connectivity index (χ1n) is 5.83. The summed E-state index contributed by atoms with van der Waals surface area (Å²) in [4.78, 5) is 11.6. The monoisotopic (exact) mass is 199 g/mol. The van der Waals surface area contributed by atoms with Crippen molar-refractivity contribution in [2.24, 2.45) is 5.41 Å². The fourth-order valence-corrected chi connectivity index (χ4v) is 1.51. The van der Waals surface area contributed by atoms with Gasteiger partial charge in [-0.05, 0) is 13.3 Å². The van der Waals surface area contributed by atoms with Crippen molar-refractivity contribution >= 4 is 5.91 Å². The molecule has 1 N–H and O–H groups in total. The van der Waals surface area contributed by atoms with E-state index in [1.807, 2.05) is 20.8 Å². The van der Waals surface area contributed by atoms with Crippen LogP contribution in [0.1, 0.15) is 59.8 Å². The molecule has 0 aromatic rings. The summed E-state index contributed by atoms with van der Waals surface area (Å²) in [6, 6.07) is 0. The fraction of sp³-hybridized carbons (Fsp3) is 0.917. The Bertz CT molecular complexity index is 164. The van der Waals surface area contributed by atoms with Crippen molar-refractivity contribution in [1.82, 2.24) is 5.32 Å². The first-order valence-corrected chi connectivity index (χ1v) is 5.83. The predicted molar refractivity (Wildman–Crippen MR) is 61.2 cm³/mol. The van der Waals surface area contributed by atoms with Crippen molar-refractivity contribution in [2.75, 3.05) is 6.54 Å². The third-order valence-corrected chi connectivity index (χ3v) is 2.61. The highest BCUT2D eigenvalue weighted by atomic mass is 16.2. The molecular formula is C12H25NO. The van der Waals surface area contributed by atoms with Crippen molar-refractivity contribution < 1.29 is 4.79 Å². The normalized spacial score (nSPS) is 11.4. The minimum absolute atomic E-state index is 0.191. The third kappa shape index (κ3) is 5.25. The average Bonchev–Trinajstić information content (AvgIpc) is 2.13. The van der Waals surface area contributed by atoms with E-state index in [-0.39, 0.29) is 11.3 Å². The van der Waals surface area contributed by atoms with Crippen molar-refractivity contribution in [1.29, 1.82) is 0 Å². The maximum absolute atomic E-state index is 11.6. The van der Waals surface area contributed by atoms with Crippen molar-refractivity contribution in [2.45, 2.75) is 59.8 Å². The van der Waals surface area contributed by atoms with Crippen LogP contribution in [0.2, 0.25) is 0 Å². The highest BCUT2D eigenvalue weighted by Crippen LogP contribution is 2.23. The fourth-order valence-electron chi connectivity index (χ4n) is 1.51. The number of carbonyl (C=O) groups excluding carboxylic acids is 1. The van der Waals surface area contributed by atoms with Gasteiger partial charge in [-0.2, -0.15) is 0 Å². The van der Waals surface area contributed by atoms with Gasteiger partial charge in [0.2, 0.25) is 5.91 Å². The lowest BCUT2D eigenvalue weighted by Gasteiger charge is -2.23. The first-order chi connectivity index (χ1) is 6.54. The molecule has 0 saturated heterocycles. The summed E-state index contributed by atoms with van der Waals surface area (Å²) in [7, 11) is 0. The number of nitrogens with one attached hydrogen (secondary N) is 1. The molecule has 0 aromatic heterocycles. The highest BCUT2D eigenvalue weighted by molar-refractivity contribution is 5.81. The Balaban J connectivity index is 3.76. The maximum Gasteiger partial charge on any atom is 0.225 e. The Kier molecular flexibility index (Phi) is 6.60. The Morgan fingerprint density at radius 1 is 1.14 bits per heavy atom. The van der Waals surface area contributed by atoms with Gasteiger partial charge >= 0.3 is 0 Å². The third-order valence-electron chi connectivity index (χ3n) is 2.61. The molecule has 84 valence electrons. The Hall–Kier alpha value is -0.530. The van der Waals surface area contributed by atoms with Gasteiger partial charge in [-0.25, -0.2) is 0 Å². The molecule has 0 atom stereocenters. The van der Waals surface area contributed by atoms with E-state index >= 15 is 0 Å². The second-order valence-corrected chi connectivity index (χ2v) is 4.55. The number of hydrogen-bond donors (Lipinski definition) is 1. The topological polar surface area (TPSA) is 29.1 Å². The zero-order chi connectivity index (χ0) is 11.0. The summed E-state index contributed by atoms with van der Waals surface area (Å²) < 4.78 is 0. The molecule has 2 nitrogen and oxygen atoms in total. The molecule has 0 fully saturated rings. The lowest BCUT2D eigenvalue weighted by molar-refractivity contribution is -0.129. The summed E-state index contributed by atoms with van der Waals surface area (Å²) in [5.74, 6) is 0.191. The van der Waals surface area contributed by atoms with Crippen LogP contribution in [0.5, 0.6) is 0 Å². The molecule has 0 spiro atoms. The van der Waals surface area contributed by atoms with Crippen LogP contribution in [0.4, 0.5) is 0 Å². The summed E-state index contributed by atoms with van der Waals surface area (Å²) in [5.41, 5.74) is -0.191. The molecule has 14 heavy (non-hydrogen) atoms. The molecule has 2 heteroatoms. The van der Waals surface area contributed by atoms with Crippen LogP contribution >= 0.6 is 0 Å². The SMILES string of the molecule is CCCCCCC(C)(C)C(=O)NCC. The molecule has 0 aromatic carbocycles. The lowest BCUT2D eigenvalue weighted by atomic mass is 9.86. The number of rotatable bonds is 7. The standard InChI is InChI=1S/C12H25NO/c1-5-7-8-9-10-12(3,4)11(14)13-6-2/h5-10H2,1-4H3,(H,13,14). The second-order valence-electron chi connectivity index (χ2n) is 4.55. The highest BCUT2D eigenvalue weighted by Gasteiger charge is 2.25. The van der Waals surface area contributed by atoms with Crippen LogP contribution in [0.25, 0.3) is 0 Å². The van der Waals surface area contributed by atoms with Crippen LogP contribution in [0.3, 0.4) is 0 Å². The minimum Gasteiger partial charge on any atom is -0.356 e. The van der Waals surface area contributed by atoms with Gasteiger partial charge in [-0.3, -0.25) is 4.79 Å². The van der Waals surface area contributed by atoms with E-state index in [9.17, 15) is 4.79 Å². The summed E-state index contributed by atoms with van der Waals surface area (Å²) in [6.07, 6.45) is 5.95. The molecular weight excluding hydrogens is 174 g/mol. The molecule has 0 aliphatic heterocycles. The number of carbonyl (C=O) groups is 1.